The van der Waals surface area contributed by atoms with Crippen LogP contribution in [0.3, 0.4) is 0 Å². The standard InChI is InChI=1S/C18H27FN2O2/c1-18(2,21-12-6-7-13-21)17(22)20(3)11-8-14-23-16-10-5-4-9-15(16)19/h4-5,9-10H,6-8,11-14H2,1-3H3. The Kier molecular flexibility index (Phi) is 5.99. The normalized spacial score (nSPS) is 15.7. The molecule has 0 bridgehead atoms. The van der Waals surface area contributed by atoms with Crippen LogP contribution in [0.25, 0.3) is 0 Å². The van der Waals surface area contributed by atoms with Crippen LogP contribution in [0.1, 0.15) is 33.1 Å². The van der Waals surface area contributed by atoms with Gasteiger partial charge in [-0.1, -0.05) is 12.1 Å². The van der Waals surface area contributed by atoms with Gasteiger partial charge in [-0.2, -0.15) is 0 Å². The Morgan fingerprint density at radius 3 is 2.61 bits per heavy atom. The van der Waals surface area contributed by atoms with Crippen molar-refractivity contribution in [2.75, 3.05) is 33.3 Å². The Hall–Kier alpha value is -1.62. The monoisotopic (exact) mass is 322 g/mol. The third-order valence-electron chi connectivity index (χ3n) is 4.50. The van der Waals surface area contributed by atoms with Crippen molar-refractivity contribution in [2.45, 2.75) is 38.6 Å². The van der Waals surface area contributed by atoms with E-state index in [0.717, 1.165) is 25.9 Å². The number of carbonyl (C=O) groups excluding carboxylic acids is 1. The number of rotatable bonds is 7. The minimum absolute atomic E-state index is 0.130. The molecule has 4 nitrogen and oxygen atoms in total. The predicted octanol–water partition coefficient (Wildman–Crippen LogP) is 2.93. The average Bonchev–Trinajstić information content (AvgIpc) is 3.07. The Bertz CT molecular complexity index is 528. The molecule has 0 radical (unpaired) electrons. The number of hydrogen-bond donors (Lipinski definition) is 0. The van der Waals surface area contributed by atoms with Crippen molar-refractivity contribution in [1.29, 1.82) is 0 Å². The smallest absolute Gasteiger partial charge is 0.242 e. The third-order valence-corrected chi connectivity index (χ3v) is 4.50. The van der Waals surface area contributed by atoms with E-state index in [9.17, 15) is 9.18 Å². The second-order valence-electron chi connectivity index (χ2n) is 6.61. The molecule has 1 amide bonds. The minimum atomic E-state index is -0.461. The SMILES string of the molecule is CN(CCCOc1ccccc1F)C(=O)C(C)(C)N1CCCC1. The highest BCUT2D eigenvalue weighted by molar-refractivity contribution is 5.85. The van der Waals surface area contributed by atoms with Crippen molar-refractivity contribution in [1.82, 2.24) is 9.80 Å². The first-order valence-corrected chi connectivity index (χ1v) is 8.31. The molecule has 128 valence electrons. The molecule has 0 spiro atoms. The van der Waals surface area contributed by atoms with Crippen molar-refractivity contribution in [3.05, 3.63) is 30.1 Å². The first-order chi connectivity index (χ1) is 10.9. The maximum Gasteiger partial charge on any atom is 0.242 e. The van der Waals surface area contributed by atoms with E-state index in [4.69, 9.17) is 4.74 Å². The number of para-hydroxylation sites is 1. The summed E-state index contributed by atoms with van der Waals surface area (Å²) >= 11 is 0. The number of nitrogens with zero attached hydrogens (tertiary/aromatic N) is 2. The second-order valence-corrected chi connectivity index (χ2v) is 6.61. The maximum atomic E-state index is 13.4. The molecule has 23 heavy (non-hydrogen) atoms. The highest BCUT2D eigenvalue weighted by atomic mass is 19.1. The van der Waals surface area contributed by atoms with Crippen LogP contribution in [0.15, 0.2) is 24.3 Å². The van der Waals surface area contributed by atoms with Crippen LogP contribution in [0.4, 0.5) is 4.39 Å². The van der Waals surface area contributed by atoms with Gasteiger partial charge < -0.3 is 9.64 Å². The first-order valence-electron chi connectivity index (χ1n) is 8.31. The van der Waals surface area contributed by atoms with Gasteiger partial charge in [-0.25, -0.2) is 4.39 Å². The molecule has 1 saturated heterocycles. The molecule has 1 aliphatic heterocycles. The summed E-state index contributed by atoms with van der Waals surface area (Å²) in [6.07, 6.45) is 3.00. The summed E-state index contributed by atoms with van der Waals surface area (Å²) in [4.78, 5) is 16.7. The lowest BCUT2D eigenvalue weighted by Crippen LogP contribution is -2.54. The van der Waals surface area contributed by atoms with E-state index < -0.39 is 5.54 Å². The molecule has 0 saturated carbocycles. The molecule has 1 heterocycles. The van der Waals surface area contributed by atoms with E-state index in [1.807, 2.05) is 20.9 Å². The van der Waals surface area contributed by atoms with Gasteiger partial charge in [-0.3, -0.25) is 9.69 Å². The third kappa shape index (κ3) is 4.44. The number of hydrogen-bond acceptors (Lipinski definition) is 3. The molecule has 0 unspecified atom stereocenters. The zero-order valence-corrected chi connectivity index (χ0v) is 14.3. The van der Waals surface area contributed by atoms with Crippen molar-refractivity contribution < 1.29 is 13.9 Å². The van der Waals surface area contributed by atoms with Crippen molar-refractivity contribution in [2.24, 2.45) is 0 Å². The molecule has 1 fully saturated rings. The molecule has 2 rings (SSSR count). The molecule has 0 atom stereocenters. The lowest BCUT2D eigenvalue weighted by Gasteiger charge is -2.37. The lowest BCUT2D eigenvalue weighted by atomic mass is 10.0. The molecule has 1 aliphatic rings. The summed E-state index contributed by atoms with van der Waals surface area (Å²) < 4.78 is 18.9. The topological polar surface area (TPSA) is 32.8 Å². The number of likely N-dealkylation sites (tertiary alicyclic amines) is 1. The van der Waals surface area contributed by atoms with Crippen LogP contribution < -0.4 is 4.74 Å². The number of likely N-dealkylation sites (N-methyl/N-ethyl adjacent to an activating group) is 1. The Labute approximate surface area is 138 Å². The predicted molar refractivity (Wildman–Crippen MR) is 89.0 cm³/mol. The van der Waals surface area contributed by atoms with Gasteiger partial charge in [0.05, 0.1) is 12.1 Å². The van der Waals surface area contributed by atoms with Gasteiger partial charge in [0.15, 0.2) is 11.6 Å². The van der Waals surface area contributed by atoms with Crippen molar-refractivity contribution >= 4 is 5.91 Å². The van der Waals surface area contributed by atoms with E-state index in [0.29, 0.717) is 19.6 Å². The highest BCUT2D eigenvalue weighted by Crippen LogP contribution is 2.23. The van der Waals surface area contributed by atoms with Gasteiger partial charge in [0.2, 0.25) is 5.91 Å². The van der Waals surface area contributed by atoms with E-state index in [2.05, 4.69) is 4.90 Å². The minimum Gasteiger partial charge on any atom is -0.490 e. The van der Waals surface area contributed by atoms with E-state index in [1.54, 1.807) is 23.1 Å². The first kappa shape index (κ1) is 17.7. The van der Waals surface area contributed by atoms with Crippen LogP contribution in [0.2, 0.25) is 0 Å². The summed E-state index contributed by atoms with van der Waals surface area (Å²) in [5, 5.41) is 0. The van der Waals surface area contributed by atoms with Crippen LogP contribution in [0, 0.1) is 5.82 Å². The summed E-state index contributed by atoms with van der Waals surface area (Å²) in [5.74, 6) is 0.0382. The fourth-order valence-electron chi connectivity index (χ4n) is 3.03. The number of benzene rings is 1. The lowest BCUT2D eigenvalue weighted by molar-refractivity contribution is -0.140. The van der Waals surface area contributed by atoms with E-state index in [-0.39, 0.29) is 17.5 Å². The molecule has 0 aliphatic carbocycles. The molecule has 0 aromatic heterocycles. The largest absolute Gasteiger partial charge is 0.490 e. The summed E-state index contributed by atoms with van der Waals surface area (Å²) in [7, 11) is 1.82. The van der Waals surface area contributed by atoms with E-state index >= 15 is 0 Å². The van der Waals surface area contributed by atoms with Crippen LogP contribution in [-0.2, 0) is 4.79 Å². The van der Waals surface area contributed by atoms with E-state index in [1.165, 1.54) is 6.07 Å². The highest BCUT2D eigenvalue weighted by Gasteiger charge is 2.37. The summed E-state index contributed by atoms with van der Waals surface area (Å²) in [6.45, 7) is 6.96. The van der Waals surface area contributed by atoms with Crippen LogP contribution in [-0.4, -0.2) is 54.5 Å². The molecule has 0 N–H and O–H groups in total. The van der Waals surface area contributed by atoms with Gasteiger partial charge in [0.1, 0.15) is 0 Å². The van der Waals surface area contributed by atoms with Crippen LogP contribution in [0.5, 0.6) is 5.75 Å². The number of amides is 1. The van der Waals surface area contributed by atoms with Gasteiger partial charge in [0.25, 0.3) is 0 Å². The Morgan fingerprint density at radius 1 is 1.30 bits per heavy atom. The van der Waals surface area contributed by atoms with Gasteiger partial charge in [-0.05, 0) is 58.3 Å². The number of carbonyl (C=O) groups is 1. The van der Waals surface area contributed by atoms with Crippen molar-refractivity contribution in [3.63, 3.8) is 0 Å². The fraction of sp³-hybridized carbons (Fsp3) is 0.611. The average molecular weight is 322 g/mol. The van der Waals surface area contributed by atoms with Crippen molar-refractivity contribution in [3.8, 4) is 5.75 Å². The molecule has 1 aromatic carbocycles. The number of ether oxygens (including phenoxy) is 1. The Balaban J connectivity index is 1.76. The molecule has 5 heteroatoms. The molecular formula is C18H27FN2O2. The zero-order valence-electron chi connectivity index (χ0n) is 14.3. The number of halogens is 1. The second kappa shape index (κ2) is 7.77. The Morgan fingerprint density at radius 2 is 1.96 bits per heavy atom. The van der Waals surface area contributed by atoms with Crippen LogP contribution >= 0.6 is 0 Å². The summed E-state index contributed by atoms with van der Waals surface area (Å²) in [5.41, 5.74) is -0.461. The quantitative estimate of drug-likeness (QED) is 0.724. The van der Waals surface area contributed by atoms with Gasteiger partial charge in [-0.15, -0.1) is 0 Å². The fourth-order valence-corrected chi connectivity index (χ4v) is 3.03. The molecular weight excluding hydrogens is 295 g/mol. The molecule has 1 aromatic rings. The maximum absolute atomic E-state index is 13.4. The summed E-state index contributed by atoms with van der Waals surface area (Å²) in [6, 6.07) is 6.37. The van der Waals surface area contributed by atoms with Gasteiger partial charge in [0, 0.05) is 13.6 Å². The van der Waals surface area contributed by atoms with Gasteiger partial charge >= 0.3 is 0 Å². The zero-order chi connectivity index (χ0) is 16.9.